The summed E-state index contributed by atoms with van der Waals surface area (Å²) in [5, 5.41) is 12.4. The molecule has 2 aliphatic heterocycles. The van der Waals surface area contributed by atoms with E-state index in [1.54, 1.807) is 4.90 Å². The van der Waals surface area contributed by atoms with Gasteiger partial charge in [-0.2, -0.15) is 0 Å². The number of nitrogens with zero attached hydrogens (tertiary/aromatic N) is 1. The average Bonchev–Trinajstić information content (AvgIpc) is 2.37. The number of morpholine rings is 2. The fraction of sp³-hybridized carbons (Fsp3) is 0.917. The Bertz CT molecular complexity index is 302. The molecule has 2 fully saturated rings. The van der Waals surface area contributed by atoms with Gasteiger partial charge in [-0.25, -0.2) is 0 Å². The van der Waals surface area contributed by atoms with Crippen LogP contribution in [0.15, 0.2) is 0 Å². The Hall–Kier alpha value is -0.690. The maximum atomic E-state index is 12.3. The van der Waals surface area contributed by atoms with Gasteiger partial charge >= 0.3 is 0 Å². The predicted octanol–water partition coefficient (Wildman–Crippen LogP) is -1.03. The number of aliphatic hydroxyl groups is 1. The largest absolute Gasteiger partial charge is 0.394 e. The van der Waals surface area contributed by atoms with E-state index in [0.717, 1.165) is 6.54 Å². The SMILES string of the molecule is CC1(C)CN(C(=O)C2CNCCO2)CC(CO)O1. The van der Waals surface area contributed by atoms with Crippen molar-refractivity contribution in [3.05, 3.63) is 0 Å². The Morgan fingerprint density at radius 3 is 2.94 bits per heavy atom. The number of carbonyl (C=O) groups is 1. The second-order valence-electron chi connectivity index (χ2n) is 5.46. The molecule has 0 spiro atoms. The van der Waals surface area contributed by atoms with Crippen LogP contribution in [0.3, 0.4) is 0 Å². The molecule has 18 heavy (non-hydrogen) atoms. The van der Waals surface area contributed by atoms with Gasteiger partial charge in [-0.3, -0.25) is 4.79 Å². The fourth-order valence-corrected chi connectivity index (χ4v) is 2.49. The van der Waals surface area contributed by atoms with Crippen LogP contribution in [0.4, 0.5) is 0 Å². The van der Waals surface area contributed by atoms with Crippen molar-refractivity contribution in [3.8, 4) is 0 Å². The average molecular weight is 258 g/mol. The van der Waals surface area contributed by atoms with Crippen LogP contribution in [0.5, 0.6) is 0 Å². The summed E-state index contributed by atoms with van der Waals surface area (Å²) >= 11 is 0. The van der Waals surface area contributed by atoms with E-state index in [9.17, 15) is 9.90 Å². The molecular weight excluding hydrogens is 236 g/mol. The van der Waals surface area contributed by atoms with Crippen molar-refractivity contribution >= 4 is 5.91 Å². The van der Waals surface area contributed by atoms with Gasteiger partial charge in [0.25, 0.3) is 5.91 Å². The van der Waals surface area contributed by atoms with E-state index in [2.05, 4.69) is 5.32 Å². The van der Waals surface area contributed by atoms with E-state index in [1.165, 1.54) is 0 Å². The molecule has 0 aromatic heterocycles. The van der Waals surface area contributed by atoms with Crippen LogP contribution >= 0.6 is 0 Å². The molecule has 0 radical (unpaired) electrons. The molecule has 2 rings (SSSR count). The fourth-order valence-electron chi connectivity index (χ4n) is 2.49. The van der Waals surface area contributed by atoms with Crippen molar-refractivity contribution in [2.75, 3.05) is 39.4 Å². The number of hydrogen-bond acceptors (Lipinski definition) is 5. The summed E-state index contributed by atoms with van der Waals surface area (Å²) < 4.78 is 11.2. The monoisotopic (exact) mass is 258 g/mol. The third kappa shape index (κ3) is 3.20. The third-order valence-electron chi connectivity index (χ3n) is 3.20. The molecule has 0 aromatic carbocycles. The zero-order valence-corrected chi connectivity index (χ0v) is 11.0. The van der Waals surface area contributed by atoms with Gasteiger partial charge in [-0.1, -0.05) is 0 Å². The van der Waals surface area contributed by atoms with Crippen molar-refractivity contribution in [1.82, 2.24) is 10.2 Å². The molecule has 2 unspecified atom stereocenters. The first kappa shape index (κ1) is 13.7. The Morgan fingerprint density at radius 1 is 1.56 bits per heavy atom. The summed E-state index contributed by atoms with van der Waals surface area (Å²) in [6.45, 7) is 6.65. The zero-order valence-electron chi connectivity index (χ0n) is 11.0. The molecule has 0 aromatic rings. The molecule has 0 aliphatic carbocycles. The van der Waals surface area contributed by atoms with Gasteiger partial charge in [0.15, 0.2) is 0 Å². The van der Waals surface area contributed by atoms with Gasteiger partial charge in [0.2, 0.25) is 0 Å². The lowest BCUT2D eigenvalue weighted by molar-refractivity contribution is -0.175. The normalized spacial score (nSPS) is 32.3. The van der Waals surface area contributed by atoms with Crippen LogP contribution in [-0.2, 0) is 14.3 Å². The summed E-state index contributed by atoms with van der Waals surface area (Å²) in [7, 11) is 0. The highest BCUT2D eigenvalue weighted by Gasteiger charge is 2.38. The quantitative estimate of drug-likeness (QED) is 0.663. The van der Waals surface area contributed by atoms with Gasteiger partial charge in [0.05, 0.1) is 24.9 Å². The van der Waals surface area contributed by atoms with Crippen LogP contribution in [0.25, 0.3) is 0 Å². The molecule has 0 bridgehead atoms. The predicted molar refractivity (Wildman–Crippen MR) is 65.2 cm³/mol. The van der Waals surface area contributed by atoms with Crippen LogP contribution in [0.2, 0.25) is 0 Å². The minimum atomic E-state index is -0.427. The highest BCUT2D eigenvalue weighted by atomic mass is 16.5. The van der Waals surface area contributed by atoms with Gasteiger partial charge in [-0.05, 0) is 13.8 Å². The molecule has 2 heterocycles. The first-order chi connectivity index (χ1) is 8.52. The number of rotatable bonds is 2. The molecule has 2 N–H and O–H groups in total. The summed E-state index contributed by atoms with van der Waals surface area (Å²) in [4.78, 5) is 14.1. The molecule has 6 nitrogen and oxygen atoms in total. The van der Waals surface area contributed by atoms with Gasteiger partial charge in [-0.15, -0.1) is 0 Å². The first-order valence-electron chi connectivity index (χ1n) is 6.41. The van der Waals surface area contributed by atoms with Crippen LogP contribution < -0.4 is 5.32 Å². The Labute approximate surface area is 107 Å². The Balaban J connectivity index is 1.99. The molecule has 104 valence electrons. The second-order valence-corrected chi connectivity index (χ2v) is 5.46. The van der Waals surface area contributed by atoms with Crippen LogP contribution in [0.1, 0.15) is 13.8 Å². The summed E-state index contributed by atoms with van der Waals surface area (Å²) in [6.07, 6.45) is -0.721. The minimum Gasteiger partial charge on any atom is -0.394 e. The molecule has 2 atom stereocenters. The first-order valence-corrected chi connectivity index (χ1v) is 6.41. The van der Waals surface area contributed by atoms with Crippen molar-refractivity contribution in [3.63, 3.8) is 0 Å². The van der Waals surface area contributed by atoms with E-state index >= 15 is 0 Å². The summed E-state index contributed by atoms with van der Waals surface area (Å²) in [5.74, 6) is -0.0166. The lowest BCUT2D eigenvalue weighted by Crippen LogP contribution is -2.59. The lowest BCUT2D eigenvalue weighted by Gasteiger charge is -2.43. The van der Waals surface area contributed by atoms with Crippen molar-refractivity contribution in [2.24, 2.45) is 0 Å². The maximum absolute atomic E-state index is 12.3. The highest BCUT2D eigenvalue weighted by Crippen LogP contribution is 2.21. The molecule has 0 saturated carbocycles. The highest BCUT2D eigenvalue weighted by molar-refractivity contribution is 5.81. The van der Waals surface area contributed by atoms with Crippen molar-refractivity contribution in [1.29, 1.82) is 0 Å². The van der Waals surface area contributed by atoms with E-state index in [4.69, 9.17) is 9.47 Å². The second kappa shape index (κ2) is 5.52. The molecule has 6 heteroatoms. The van der Waals surface area contributed by atoms with Gasteiger partial charge < -0.3 is 24.8 Å². The lowest BCUT2D eigenvalue weighted by atomic mass is 10.0. The zero-order chi connectivity index (χ0) is 13.2. The third-order valence-corrected chi connectivity index (χ3v) is 3.20. The van der Waals surface area contributed by atoms with Crippen molar-refractivity contribution in [2.45, 2.75) is 31.7 Å². The van der Waals surface area contributed by atoms with Crippen LogP contribution in [0, 0.1) is 0 Å². The van der Waals surface area contributed by atoms with Crippen LogP contribution in [-0.4, -0.2) is 73.1 Å². The summed E-state index contributed by atoms with van der Waals surface area (Å²) in [6, 6.07) is 0. The van der Waals surface area contributed by atoms with Gasteiger partial charge in [0, 0.05) is 26.2 Å². The van der Waals surface area contributed by atoms with Crippen molar-refractivity contribution < 1.29 is 19.4 Å². The topological polar surface area (TPSA) is 71.0 Å². The maximum Gasteiger partial charge on any atom is 0.253 e. The summed E-state index contributed by atoms with van der Waals surface area (Å²) in [5.41, 5.74) is -0.427. The smallest absolute Gasteiger partial charge is 0.253 e. The number of hydrogen-bond donors (Lipinski definition) is 2. The number of aliphatic hydroxyl groups excluding tert-OH is 1. The molecule has 1 amide bonds. The molecular formula is C12H22N2O4. The van der Waals surface area contributed by atoms with E-state index in [0.29, 0.717) is 26.2 Å². The Morgan fingerprint density at radius 2 is 2.33 bits per heavy atom. The number of ether oxygens (including phenoxy) is 2. The number of nitrogens with one attached hydrogen (secondary N) is 1. The minimum absolute atomic E-state index is 0.0166. The number of amides is 1. The standard InChI is InChI=1S/C12H22N2O4/c1-12(2)8-14(6-9(7-15)18-12)11(16)10-5-13-3-4-17-10/h9-10,13,15H,3-8H2,1-2H3. The molecule has 2 aliphatic rings. The van der Waals surface area contributed by atoms with E-state index in [1.807, 2.05) is 13.8 Å². The van der Waals surface area contributed by atoms with Gasteiger partial charge in [0.1, 0.15) is 6.10 Å². The Kier molecular flexibility index (Phi) is 4.21. The number of carbonyl (C=O) groups excluding carboxylic acids is 1. The van der Waals surface area contributed by atoms with E-state index in [-0.39, 0.29) is 18.6 Å². The molecule has 2 saturated heterocycles. The van der Waals surface area contributed by atoms with E-state index < -0.39 is 11.7 Å².